The number of nitrogens with zero attached hydrogens (tertiary/aromatic N) is 2. The van der Waals surface area contributed by atoms with Gasteiger partial charge in [-0.3, -0.25) is 9.97 Å². The van der Waals surface area contributed by atoms with Crippen LogP contribution in [0, 0.1) is 0 Å². The van der Waals surface area contributed by atoms with Crippen LogP contribution in [0.3, 0.4) is 0 Å². The molecule has 3 nitrogen and oxygen atoms in total. The Kier molecular flexibility index (Phi) is 4.61. The van der Waals surface area contributed by atoms with Crippen molar-refractivity contribution in [1.82, 2.24) is 15.3 Å². The molecule has 110 valence electrons. The Hall–Kier alpha value is -1.74. The molecule has 2 aromatic rings. The van der Waals surface area contributed by atoms with E-state index in [1.165, 1.54) is 36.2 Å². The first-order valence-corrected chi connectivity index (χ1v) is 7.89. The third-order valence-electron chi connectivity index (χ3n) is 4.53. The number of likely N-dealkylation sites (N-methyl/N-ethyl adjacent to an activating group) is 1. The third kappa shape index (κ3) is 3.30. The van der Waals surface area contributed by atoms with E-state index < -0.39 is 0 Å². The molecule has 0 saturated heterocycles. The Morgan fingerprint density at radius 2 is 2.10 bits per heavy atom. The summed E-state index contributed by atoms with van der Waals surface area (Å²) in [6, 6.07) is 10.9. The zero-order valence-corrected chi connectivity index (χ0v) is 12.6. The molecule has 0 bridgehead atoms. The minimum atomic E-state index is 0.473. The Labute approximate surface area is 126 Å². The van der Waals surface area contributed by atoms with Crippen molar-refractivity contribution in [1.29, 1.82) is 0 Å². The van der Waals surface area contributed by atoms with Crippen molar-refractivity contribution in [3.8, 4) is 0 Å². The molecule has 2 atom stereocenters. The predicted octanol–water partition coefficient (Wildman–Crippen LogP) is 3.12. The van der Waals surface area contributed by atoms with Gasteiger partial charge in [-0.15, -0.1) is 0 Å². The lowest BCUT2D eigenvalue weighted by Gasteiger charge is -2.31. The summed E-state index contributed by atoms with van der Waals surface area (Å²) in [6.45, 7) is 0. The summed E-state index contributed by atoms with van der Waals surface area (Å²) in [5, 5.41) is 3.52. The standard InChI is InChI=1S/C18H23N3/c1-19-17(11-10-15-8-2-3-12-20-15)16-9-4-6-14-7-5-13-21-18(14)16/h2-3,5,7-8,12-13,16-17,19H,4,6,9-11H2,1H3. The second-order valence-electron chi connectivity index (χ2n) is 5.80. The van der Waals surface area contributed by atoms with E-state index in [2.05, 4.69) is 46.6 Å². The van der Waals surface area contributed by atoms with Crippen molar-refractivity contribution >= 4 is 0 Å². The summed E-state index contributed by atoms with van der Waals surface area (Å²) >= 11 is 0. The van der Waals surface area contributed by atoms with Crippen LogP contribution in [0.15, 0.2) is 42.7 Å². The molecule has 1 aliphatic rings. The van der Waals surface area contributed by atoms with Crippen LogP contribution in [0.1, 0.15) is 42.1 Å². The van der Waals surface area contributed by atoms with Gasteiger partial charge < -0.3 is 5.32 Å². The van der Waals surface area contributed by atoms with Crippen molar-refractivity contribution in [2.75, 3.05) is 7.05 Å². The molecular formula is C18H23N3. The molecule has 3 heteroatoms. The van der Waals surface area contributed by atoms with Crippen LogP contribution in [0.4, 0.5) is 0 Å². The fourth-order valence-electron chi connectivity index (χ4n) is 3.43. The molecule has 2 unspecified atom stereocenters. The van der Waals surface area contributed by atoms with E-state index in [1.807, 2.05) is 18.5 Å². The highest BCUT2D eigenvalue weighted by atomic mass is 14.9. The Morgan fingerprint density at radius 3 is 2.90 bits per heavy atom. The fraction of sp³-hybridized carbons (Fsp3) is 0.444. The largest absolute Gasteiger partial charge is 0.316 e. The van der Waals surface area contributed by atoms with Gasteiger partial charge in [-0.25, -0.2) is 0 Å². The first-order valence-electron chi connectivity index (χ1n) is 7.89. The lowest BCUT2D eigenvalue weighted by Crippen LogP contribution is -2.35. The monoisotopic (exact) mass is 281 g/mol. The highest BCUT2D eigenvalue weighted by molar-refractivity contribution is 5.27. The Morgan fingerprint density at radius 1 is 1.19 bits per heavy atom. The summed E-state index contributed by atoms with van der Waals surface area (Å²) < 4.78 is 0. The smallest absolute Gasteiger partial charge is 0.0481 e. The van der Waals surface area contributed by atoms with Gasteiger partial charge in [-0.1, -0.05) is 12.1 Å². The van der Waals surface area contributed by atoms with Gasteiger partial charge in [0.05, 0.1) is 0 Å². The first-order chi connectivity index (χ1) is 10.4. The lowest BCUT2D eigenvalue weighted by molar-refractivity contribution is 0.385. The maximum Gasteiger partial charge on any atom is 0.0481 e. The van der Waals surface area contributed by atoms with Crippen molar-refractivity contribution in [3.05, 3.63) is 59.7 Å². The quantitative estimate of drug-likeness (QED) is 0.915. The number of aromatic nitrogens is 2. The summed E-state index contributed by atoms with van der Waals surface area (Å²) in [4.78, 5) is 9.10. The van der Waals surface area contributed by atoms with E-state index in [1.54, 1.807) is 0 Å². The van der Waals surface area contributed by atoms with Gasteiger partial charge in [-0.2, -0.15) is 0 Å². The Bertz CT molecular complexity index is 568. The number of rotatable bonds is 5. The number of nitrogens with one attached hydrogen (secondary N) is 1. The van der Waals surface area contributed by atoms with Gasteiger partial charge in [0.2, 0.25) is 0 Å². The number of pyridine rings is 2. The average Bonchev–Trinajstić information content (AvgIpc) is 2.56. The molecule has 0 radical (unpaired) electrons. The molecule has 2 heterocycles. The van der Waals surface area contributed by atoms with Gasteiger partial charge in [0, 0.05) is 35.7 Å². The second-order valence-corrected chi connectivity index (χ2v) is 5.80. The van der Waals surface area contributed by atoms with Gasteiger partial charge in [-0.05, 0) is 62.9 Å². The number of hydrogen-bond donors (Lipinski definition) is 1. The Balaban J connectivity index is 1.72. The number of aryl methyl sites for hydroxylation is 2. The van der Waals surface area contributed by atoms with Crippen LogP contribution in [-0.4, -0.2) is 23.1 Å². The summed E-state index contributed by atoms with van der Waals surface area (Å²) in [7, 11) is 2.07. The first kappa shape index (κ1) is 14.2. The van der Waals surface area contributed by atoms with E-state index in [9.17, 15) is 0 Å². The van der Waals surface area contributed by atoms with Gasteiger partial charge in [0.25, 0.3) is 0 Å². The van der Waals surface area contributed by atoms with E-state index in [-0.39, 0.29) is 0 Å². The topological polar surface area (TPSA) is 37.8 Å². The highest BCUT2D eigenvalue weighted by Crippen LogP contribution is 2.33. The molecule has 0 aliphatic heterocycles. The van der Waals surface area contributed by atoms with Crippen LogP contribution < -0.4 is 5.32 Å². The maximum absolute atomic E-state index is 4.67. The molecule has 1 aliphatic carbocycles. The number of fused-ring (bicyclic) bond motifs is 1. The third-order valence-corrected chi connectivity index (χ3v) is 4.53. The van der Waals surface area contributed by atoms with E-state index in [0.29, 0.717) is 12.0 Å². The fourth-order valence-corrected chi connectivity index (χ4v) is 3.43. The highest BCUT2D eigenvalue weighted by Gasteiger charge is 2.27. The van der Waals surface area contributed by atoms with Crippen LogP contribution >= 0.6 is 0 Å². The lowest BCUT2D eigenvalue weighted by atomic mass is 9.80. The maximum atomic E-state index is 4.67. The zero-order chi connectivity index (χ0) is 14.5. The molecule has 0 aromatic carbocycles. The second kappa shape index (κ2) is 6.81. The molecule has 0 amide bonds. The van der Waals surface area contributed by atoms with Crippen molar-refractivity contribution in [3.63, 3.8) is 0 Å². The predicted molar refractivity (Wildman–Crippen MR) is 85.3 cm³/mol. The van der Waals surface area contributed by atoms with E-state index in [4.69, 9.17) is 0 Å². The summed E-state index contributed by atoms with van der Waals surface area (Å²) in [6.07, 6.45) is 9.61. The van der Waals surface area contributed by atoms with Crippen LogP contribution in [0.2, 0.25) is 0 Å². The molecule has 1 N–H and O–H groups in total. The molecule has 0 saturated carbocycles. The van der Waals surface area contributed by atoms with E-state index >= 15 is 0 Å². The number of hydrogen-bond acceptors (Lipinski definition) is 3. The van der Waals surface area contributed by atoms with Gasteiger partial charge in [0.15, 0.2) is 0 Å². The minimum absolute atomic E-state index is 0.473. The van der Waals surface area contributed by atoms with Crippen molar-refractivity contribution in [2.24, 2.45) is 0 Å². The average molecular weight is 281 g/mol. The summed E-state index contributed by atoms with van der Waals surface area (Å²) in [5.41, 5.74) is 3.92. The molecule has 3 rings (SSSR count). The van der Waals surface area contributed by atoms with Crippen LogP contribution in [-0.2, 0) is 12.8 Å². The normalized spacial score (nSPS) is 19.0. The van der Waals surface area contributed by atoms with Crippen molar-refractivity contribution in [2.45, 2.75) is 44.1 Å². The van der Waals surface area contributed by atoms with Crippen molar-refractivity contribution < 1.29 is 0 Å². The zero-order valence-electron chi connectivity index (χ0n) is 12.6. The van der Waals surface area contributed by atoms with E-state index in [0.717, 1.165) is 12.8 Å². The SMILES string of the molecule is CNC(CCc1ccccn1)C1CCCc2cccnc21. The van der Waals surface area contributed by atoms with Gasteiger partial charge >= 0.3 is 0 Å². The molecule has 0 spiro atoms. The van der Waals surface area contributed by atoms with Crippen LogP contribution in [0.25, 0.3) is 0 Å². The van der Waals surface area contributed by atoms with Crippen LogP contribution in [0.5, 0.6) is 0 Å². The molecule has 0 fully saturated rings. The molecule has 21 heavy (non-hydrogen) atoms. The molecular weight excluding hydrogens is 258 g/mol. The van der Waals surface area contributed by atoms with Gasteiger partial charge in [0.1, 0.15) is 0 Å². The molecule has 2 aromatic heterocycles. The minimum Gasteiger partial charge on any atom is -0.316 e. The summed E-state index contributed by atoms with van der Waals surface area (Å²) in [5.74, 6) is 0.531.